The lowest BCUT2D eigenvalue weighted by Gasteiger charge is -2.13. The van der Waals surface area contributed by atoms with E-state index in [9.17, 15) is 0 Å². The molecule has 26 heavy (non-hydrogen) atoms. The summed E-state index contributed by atoms with van der Waals surface area (Å²) in [5.41, 5.74) is 4.79. The average molecular weight is 365 g/mol. The van der Waals surface area contributed by atoms with Gasteiger partial charge in [0.2, 0.25) is 0 Å². The van der Waals surface area contributed by atoms with Crippen LogP contribution in [0, 0.1) is 6.92 Å². The van der Waals surface area contributed by atoms with E-state index in [0.29, 0.717) is 6.54 Å². The minimum absolute atomic E-state index is 0.688. The van der Waals surface area contributed by atoms with Gasteiger partial charge in [0.25, 0.3) is 0 Å². The molecule has 0 aliphatic heterocycles. The molecule has 3 rings (SSSR count). The average Bonchev–Trinajstić information content (AvgIpc) is 3.03. The van der Waals surface area contributed by atoms with E-state index in [1.807, 2.05) is 20.2 Å². The van der Waals surface area contributed by atoms with Crippen LogP contribution in [0.25, 0.3) is 11.4 Å². The first-order chi connectivity index (χ1) is 12.6. The minimum Gasteiger partial charge on any atom is -0.378 e. The van der Waals surface area contributed by atoms with Gasteiger partial charge in [-0.25, -0.2) is 0 Å². The first-order valence-corrected chi connectivity index (χ1v) is 9.57. The molecule has 0 saturated carbocycles. The van der Waals surface area contributed by atoms with Crippen molar-refractivity contribution in [1.29, 1.82) is 0 Å². The number of hydrogen-bond donors (Lipinski definition) is 0. The van der Waals surface area contributed by atoms with Gasteiger partial charge < -0.3 is 4.90 Å². The molecule has 0 bridgehead atoms. The Bertz CT molecular complexity index is 881. The summed E-state index contributed by atoms with van der Waals surface area (Å²) >= 11 is 1.71. The number of anilines is 1. The second-order valence-corrected chi connectivity index (χ2v) is 7.37. The molecule has 0 fully saturated rings. The maximum atomic E-state index is 4.44. The van der Waals surface area contributed by atoms with Crippen molar-refractivity contribution >= 4 is 17.4 Å². The summed E-state index contributed by atoms with van der Waals surface area (Å²) in [6.45, 7) is 6.69. The molecule has 2 aromatic carbocycles. The molecule has 0 spiro atoms. The lowest BCUT2D eigenvalue weighted by molar-refractivity contribution is 0.731. The van der Waals surface area contributed by atoms with Crippen molar-refractivity contribution in [2.75, 3.05) is 19.0 Å². The third kappa shape index (κ3) is 4.17. The standard InChI is InChI=1S/C21H24N4S/c1-5-13-25-20(18-9-11-19(12-10-18)24(3)4)22-23-21(25)26-15-17-8-6-7-16(2)14-17/h5-12,14H,1,13,15H2,2-4H3. The molecule has 0 aliphatic rings. The molecule has 3 aromatic rings. The minimum atomic E-state index is 0.688. The van der Waals surface area contributed by atoms with Crippen LogP contribution in [-0.2, 0) is 12.3 Å². The summed E-state index contributed by atoms with van der Waals surface area (Å²) < 4.78 is 2.12. The van der Waals surface area contributed by atoms with Gasteiger partial charge in [0.15, 0.2) is 11.0 Å². The largest absolute Gasteiger partial charge is 0.378 e. The van der Waals surface area contributed by atoms with E-state index < -0.39 is 0 Å². The lowest BCUT2D eigenvalue weighted by atomic mass is 10.2. The Labute approximate surface area is 159 Å². The van der Waals surface area contributed by atoms with E-state index in [0.717, 1.165) is 28.0 Å². The Kier molecular flexibility index (Phi) is 5.78. The molecule has 0 amide bonds. The van der Waals surface area contributed by atoms with Crippen LogP contribution < -0.4 is 4.90 Å². The van der Waals surface area contributed by atoms with Gasteiger partial charge in [-0.2, -0.15) is 0 Å². The maximum Gasteiger partial charge on any atom is 0.192 e. The number of thioether (sulfide) groups is 1. The Hall–Kier alpha value is -2.53. The van der Waals surface area contributed by atoms with Crippen LogP contribution in [0.4, 0.5) is 5.69 Å². The Morgan fingerprint density at radius 1 is 1.12 bits per heavy atom. The monoisotopic (exact) mass is 364 g/mol. The predicted molar refractivity (Wildman–Crippen MR) is 111 cm³/mol. The fourth-order valence-corrected chi connectivity index (χ4v) is 3.65. The number of hydrogen-bond acceptors (Lipinski definition) is 4. The zero-order valence-corrected chi connectivity index (χ0v) is 16.3. The summed E-state index contributed by atoms with van der Waals surface area (Å²) in [6.07, 6.45) is 1.89. The number of rotatable bonds is 7. The van der Waals surface area contributed by atoms with Crippen LogP contribution in [0.3, 0.4) is 0 Å². The van der Waals surface area contributed by atoms with Gasteiger partial charge in [-0.3, -0.25) is 4.57 Å². The Morgan fingerprint density at radius 2 is 1.88 bits per heavy atom. The van der Waals surface area contributed by atoms with Gasteiger partial charge in [0.1, 0.15) is 0 Å². The van der Waals surface area contributed by atoms with Gasteiger partial charge in [0, 0.05) is 37.6 Å². The van der Waals surface area contributed by atoms with E-state index in [1.165, 1.54) is 11.1 Å². The van der Waals surface area contributed by atoms with Crippen molar-refractivity contribution in [1.82, 2.24) is 14.8 Å². The third-order valence-corrected chi connectivity index (χ3v) is 5.16. The molecule has 0 radical (unpaired) electrons. The van der Waals surface area contributed by atoms with Gasteiger partial charge in [0.05, 0.1) is 0 Å². The molecule has 0 saturated heterocycles. The number of allylic oxidation sites excluding steroid dienone is 1. The zero-order valence-electron chi connectivity index (χ0n) is 15.5. The highest BCUT2D eigenvalue weighted by Gasteiger charge is 2.14. The smallest absolute Gasteiger partial charge is 0.192 e. The summed E-state index contributed by atoms with van der Waals surface area (Å²) in [7, 11) is 4.07. The number of aryl methyl sites for hydroxylation is 1. The number of benzene rings is 2. The quantitative estimate of drug-likeness (QED) is 0.445. The molecule has 4 nitrogen and oxygen atoms in total. The number of aromatic nitrogens is 3. The van der Waals surface area contributed by atoms with Crippen LogP contribution >= 0.6 is 11.8 Å². The van der Waals surface area contributed by atoms with E-state index in [4.69, 9.17) is 0 Å². The van der Waals surface area contributed by atoms with E-state index >= 15 is 0 Å². The molecule has 0 aliphatic carbocycles. The highest BCUT2D eigenvalue weighted by molar-refractivity contribution is 7.98. The van der Waals surface area contributed by atoms with E-state index in [-0.39, 0.29) is 0 Å². The van der Waals surface area contributed by atoms with E-state index in [2.05, 4.69) is 81.7 Å². The summed E-state index contributed by atoms with van der Waals surface area (Å²) in [4.78, 5) is 2.08. The fraction of sp³-hybridized carbons (Fsp3) is 0.238. The zero-order chi connectivity index (χ0) is 18.5. The highest BCUT2D eigenvalue weighted by atomic mass is 32.2. The first-order valence-electron chi connectivity index (χ1n) is 8.58. The molecule has 0 atom stereocenters. The van der Waals surface area contributed by atoms with Gasteiger partial charge in [-0.15, -0.1) is 16.8 Å². The Balaban J connectivity index is 1.84. The van der Waals surface area contributed by atoms with Crippen molar-refractivity contribution in [3.05, 3.63) is 72.3 Å². The van der Waals surface area contributed by atoms with Crippen molar-refractivity contribution in [2.45, 2.75) is 24.4 Å². The molecular weight excluding hydrogens is 340 g/mol. The highest BCUT2D eigenvalue weighted by Crippen LogP contribution is 2.27. The molecule has 0 N–H and O–H groups in total. The van der Waals surface area contributed by atoms with Crippen LogP contribution in [-0.4, -0.2) is 28.9 Å². The second-order valence-electron chi connectivity index (χ2n) is 6.42. The van der Waals surface area contributed by atoms with Gasteiger partial charge >= 0.3 is 0 Å². The van der Waals surface area contributed by atoms with Crippen molar-refractivity contribution in [3.63, 3.8) is 0 Å². The SMILES string of the molecule is C=CCn1c(SCc2cccc(C)c2)nnc1-c1ccc(N(C)C)cc1. The summed E-state index contributed by atoms with van der Waals surface area (Å²) in [6, 6.07) is 16.9. The maximum absolute atomic E-state index is 4.44. The molecule has 0 unspecified atom stereocenters. The molecule has 1 heterocycles. The predicted octanol–water partition coefficient (Wildman–Crippen LogP) is 4.80. The third-order valence-electron chi connectivity index (χ3n) is 4.12. The van der Waals surface area contributed by atoms with Crippen LogP contribution in [0.1, 0.15) is 11.1 Å². The number of nitrogens with zero attached hydrogens (tertiary/aromatic N) is 4. The van der Waals surface area contributed by atoms with E-state index in [1.54, 1.807) is 11.8 Å². The van der Waals surface area contributed by atoms with Gasteiger partial charge in [-0.1, -0.05) is 47.7 Å². The Morgan fingerprint density at radius 3 is 2.54 bits per heavy atom. The second kappa shape index (κ2) is 8.23. The van der Waals surface area contributed by atoms with Crippen LogP contribution in [0.2, 0.25) is 0 Å². The van der Waals surface area contributed by atoms with Crippen LogP contribution in [0.15, 0.2) is 66.3 Å². The first kappa shape index (κ1) is 18.3. The topological polar surface area (TPSA) is 34.0 Å². The van der Waals surface area contributed by atoms with Crippen molar-refractivity contribution < 1.29 is 0 Å². The normalized spacial score (nSPS) is 10.7. The molecule has 1 aromatic heterocycles. The lowest BCUT2D eigenvalue weighted by Crippen LogP contribution is -2.08. The molecular formula is C21H24N4S. The fourth-order valence-electron chi connectivity index (χ4n) is 2.76. The van der Waals surface area contributed by atoms with Gasteiger partial charge in [-0.05, 0) is 36.8 Å². The summed E-state index contributed by atoms with van der Waals surface area (Å²) in [5.74, 6) is 1.75. The van der Waals surface area contributed by atoms with Crippen molar-refractivity contribution in [2.24, 2.45) is 0 Å². The van der Waals surface area contributed by atoms with Crippen LogP contribution in [0.5, 0.6) is 0 Å². The summed E-state index contributed by atoms with van der Waals surface area (Å²) in [5, 5.41) is 9.78. The molecule has 5 heteroatoms. The van der Waals surface area contributed by atoms with Crippen molar-refractivity contribution in [3.8, 4) is 11.4 Å². The molecule has 134 valence electrons.